The fraction of sp³-hybridized carbons (Fsp3) is 0.143. The van der Waals surface area contributed by atoms with Gasteiger partial charge in [-0.3, -0.25) is 9.97 Å². The Morgan fingerprint density at radius 2 is 0.923 bits per heavy atom. The van der Waals surface area contributed by atoms with E-state index in [1.807, 2.05) is 26.0 Å². The molecule has 1 aromatic carbocycles. The minimum absolute atomic E-state index is 0. The molecule has 0 bridgehead atoms. The zero-order chi connectivity index (χ0) is 18.3. The SMILES string of the molecule is Cc1ccc2ccc3ccc(C)nc3c2n1.O=[N+]([O-])[O-].O=[N+]([O-])[O-].[Mn+2].[OH3+]. The van der Waals surface area contributed by atoms with Gasteiger partial charge in [-0.1, -0.05) is 24.3 Å². The molecule has 0 saturated carbocycles. The largest absolute Gasteiger partial charge is 2.00 e. The Morgan fingerprint density at radius 3 is 1.19 bits per heavy atom. The quantitative estimate of drug-likeness (QED) is 0.178. The van der Waals surface area contributed by atoms with Crippen LogP contribution in [0.5, 0.6) is 0 Å². The van der Waals surface area contributed by atoms with E-state index in [9.17, 15) is 0 Å². The Labute approximate surface area is 157 Å². The third-order valence-corrected chi connectivity index (χ3v) is 2.80. The van der Waals surface area contributed by atoms with Gasteiger partial charge in [0.2, 0.25) is 0 Å². The number of aromatic nitrogens is 2. The van der Waals surface area contributed by atoms with Crippen LogP contribution in [-0.2, 0) is 22.5 Å². The molecular weight excluding hydrogens is 391 g/mol. The molecule has 0 fully saturated rings. The molecule has 0 spiro atoms. The van der Waals surface area contributed by atoms with Gasteiger partial charge < -0.3 is 36.1 Å². The van der Waals surface area contributed by atoms with Crippen molar-refractivity contribution in [2.75, 3.05) is 0 Å². The predicted octanol–water partition coefficient (Wildman–Crippen LogP) is 2.00. The van der Waals surface area contributed by atoms with E-state index in [1.165, 1.54) is 0 Å². The van der Waals surface area contributed by atoms with Crippen molar-refractivity contribution in [3.8, 4) is 0 Å². The van der Waals surface area contributed by atoms with Crippen LogP contribution in [0.2, 0.25) is 0 Å². The minimum atomic E-state index is -1.75. The number of nitrogens with zero attached hydrogens (tertiary/aromatic N) is 4. The normalized spacial score (nSPS) is 8.69. The van der Waals surface area contributed by atoms with E-state index in [1.54, 1.807) is 0 Å². The van der Waals surface area contributed by atoms with E-state index < -0.39 is 10.2 Å². The molecule has 0 atom stereocenters. The van der Waals surface area contributed by atoms with Crippen molar-refractivity contribution in [3.05, 3.63) is 78.4 Å². The third kappa shape index (κ3) is 8.15. The van der Waals surface area contributed by atoms with Crippen LogP contribution in [0.25, 0.3) is 21.8 Å². The van der Waals surface area contributed by atoms with E-state index in [0.717, 1.165) is 33.2 Å². The molecule has 0 aliphatic rings. The van der Waals surface area contributed by atoms with Crippen molar-refractivity contribution in [2.45, 2.75) is 13.8 Å². The second kappa shape index (κ2) is 11.5. The van der Waals surface area contributed by atoms with Gasteiger partial charge in [0.05, 0.1) is 21.2 Å². The Hall–Kier alpha value is -3.08. The van der Waals surface area contributed by atoms with E-state index in [0.29, 0.717) is 0 Å². The van der Waals surface area contributed by atoms with Gasteiger partial charge in [0.1, 0.15) is 0 Å². The first-order valence-corrected chi connectivity index (χ1v) is 6.47. The Morgan fingerprint density at radius 1 is 0.692 bits per heavy atom. The third-order valence-electron chi connectivity index (χ3n) is 2.80. The second-order valence-electron chi connectivity index (χ2n) is 4.56. The van der Waals surface area contributed by atoms with Gasteiger partial charge in [0, 0.05) is 22.2 Å². The van der Waals surface area contributed by atoms with Gasteiger partial charge in [-0.25, -0.2) is 0 Å². The van der Waals surface area contributed by atoms with Crippen molar-refractivity contribution in [2.24, 2.45) is 0 Å². The minimum Gasteiger partial charge on any atom is -0.457 e. The zero-order valence-corrected chi connectivity index (χ0v) is 14.8. The van der Waals surface area contributed by atoms with E-state index in [2.05, 4.69) is 34.2 Å². The van der Waals surface area contributed by atoms with Gasteiger partial charge in [-0.2, -0.15) is 0 Å². The monoisotopic (exact) mass is 406 g/mol. The Bertz CT molecular complexity index is 811. The van der Waals surface area contributed by atoms with Gasteiger partial charge in [-0.15, -0.1) is 0 Å². The number of fused-ring (bicyclic) bond motifs is 3. The summed E-state index contributed by atoms with van der Waals surface area (Å²) in [6, 6.07) is 12.5. The van der Waals surface area contributed by atoms with Crippen LogP contribution >= 0.6 is 0 Å². The first-order valence-electron chi connectivity index (χ1n) is 6.47. The molecule has 12 heteroatoms. The van der Waals surface area contributed by atoms with Crippen LogP contribution in [0, 0.1) is 44.5 Å². The maximum Gasteiger partial charge on any atom is 2.00 e. The fourth-order valence-electron chi connectivity index (χ4n) is 1.96. The summed E-state index contributed by atoms with van der Waals surface area (Å²) in [6.07, 6.45) is 0. The number of hydrogen-bond acceptors (Lipinski definition) is 8. The molecule has 26 heavy (non-hydrogen) atoms. The number of aryl methyl sites for hydroxylation is 2. The van der Waals surface area contributed by atoms with Crippen molar-refractivity contribution in [1.82, 2.24) is 9.97 Å². The molecule has 1 radical (unpaired) electrons. The maximum absolute atomic E-state index is 8.25. The first-order chi connectivity index (χ1) is 11.2. The number of pyridine rings is 2. The molecule has 3 rings (SSSR count). The molecule has 3 N–H and O–H groups in total. The average Bonchev–Trinajstić information content (AvgIpc) is 2.46. The average molecular weight is 406 g/mol. The second-order valence-corrected chi connectivity index (χ2v) is 4.56. The summed E-state index contributed by atoms with van der Waals surface area (Å²) in [5, 5.41) is 31.8. The molecule has 0 amide bonds. The summed E-state index contributed by atoms with van der Waals surface area (Å²) in [5.74, 6) is 0. The maximum atomic E-state index is 8.25. The van der Waals surface area contributed by atoms with E-state index in [-0.39, 0.29) is 22.5 Å². The number of rotatable bonds is 0. The predicted molar refractivity (Wildman–Crippen MR) is 92.1 cm³/mol. The molecular formula is C14H15MnN4O7+. The Balaban J connectivity index is 0. The number of hydrogen-bond donors (Lipinski definition) is 0. The summed E-state index contributed by atoms with van der Waals surface area (Å²) < 4.78 is 0. The smallest absolute Gasteiger partial charge is 0.457 e. The standard InChI is InChI=1S/C14H12N2.Mn.2NO3.H2O/c1-9-3-5-11-7-8-12-6-4-10(2)16-14(12)13(11)15-9;;2*2-1(3)4;/h3-8H,1-2H3;;;;1H2/q;+2;2*-1;/p+1. The molecule has 2 heterocycles. The van der Waals surface area contributed by atoms with Gasteiger partial charge in [0.15, 0.2) is 0 Å². The van der Waals surface area contributed by atoms with Crippen LogP contribution in [0.15, 0.2) is 36.4 Å². The summed E-state index contributed by atoms with van der Waals surface area (Å²) >= 11 is 0. The van der Waals surface area contributed by atoms with Crippen LogP contribution in [-0.4, -0.2) is 20.1 Å². The zero-order valence-electron chi connectivity index (χ0n) is 13.7. The van der Waals surface area contributed by atoms with Crippen molar-refractivity contribution < 1.29 is 32.7 Å². The van der Waals surface area contributed by atoms with Gasteiger partial charge >= 0.3 is 17.1 Å². The molecule has 2 aromatic heterocycles. The van der Waals surface area contributed by atoms with Crippen LogP contribution in [0.4, 0.5) is 0 Å². The van der Waals surface area contributed by atoms with Crippen molar-refractivity contribution in [1.29, 1.82) is 0 Å². The van der Waals surface area contributed by atoms with Gasteiger partial charge in [-0.05, 0) is 26.0 Å². The molecule has 0 aliphatic heterocycles. The molecule has 0 saturated heterocycles. The van der Waals surface area contributed by atoms with Crippen molar-refractivity contribution >= 4 is 21.8 Å². The van der Waals surface area contributed by atoms with Crippen LogP contribution < -0.4 is 0 Å². The molecule has 139 valence electrons. The molecule has 0 unspecified atom stereocenters. The fourth-order valence-corrected chi connectivity index (χ4v) is 1.96. The topological polar surface area (TPSA) is 191 Å². The molecule has 11 nitrogen and oxygen atoms in total. The first kappa shape index (κ1) is 25.2. The molecule has 0 aliphatic carbocycles. The van der Waals surface area contributed by atoms with Crippen molar-refractivity contribution in [3.63, 3.8) is 0 Å². The Kier molecular flexibility index (Phi) is 11.1. The summed E-state index contributed by atoms with van der Waals surface area (Å²) in [5.41, 5.74) is 4.06. The van der Waals surface area contributed by atoms with E-state index in [4.69, 9.17) is 30.6 Å². The molecule has 3 aromatic rings. The number of benzene rings is 1. The van der Waals surface area contributed by atoms with Crippen LogP contribution in [0.3, 0.4) is 0 Å². The summed E-state index contributed by atoms with van der Waals surface area (Å²) in [6.45, 7) is 4.02. The van der Waals surface area contributed by atoms with Crippen LogP contribution in [0.1, 0.15) is 11.4 Å². The van der Waals surface area contributed by atoms with E-state index >= 15 is 0 Å². The van der Waals surface area contributed by atoms with Gasteiger partial charge in [0.25, 0.3) is 0 Å². The summed E-state index contributed by atoms with van der Waals surface area (Å²) in [4.78, 5) is 25.7. The summed E-state index contributed by atoms with van der Waals surface area (Å²) in [7, 11) is 0.